The number of nitrogens with zero attached hydrogens (tertiary/aromatic N) is 4. The lowest BCUT2D eigenvalue weighted by molar-refractivity contribution is 0.0697. The Morgan fingerprint density at radius 3 is 2.70 bits per heavy atom. The van der Waals surface area contributed by atoms with Gasteiger partial charge in [0.05, 0.1) is 5.01 Å². The van der Waals surface area contributed by atoms with E-state index >= 15 is 0 Å². The summed E-state index contributed by atoms with van der Waals surface area (Å²) in [6, 6.07) is 1.53. The van der Waals surface area contributed by atoms with E-state index in [0.29, 0.717) is 31.9 Å². The Kier molecular flexibility index (Phi) is 5.09. The van der Waals surface area contributed by atoms with Crippen LogP contribution in [0.25, 0.3) is 0 Å². The van der Waals surface area contributed by atoms with E-state index in [4.69, 9.17) is 0 Å². The maximum absolute atomic E-state index is 13.1. The van der Waals surface area contributed by atoms with Crippen molar-refractivity contribution in [3.05, 3.63) is 34.5 Å². The molecule has 4 rings (SSSR count). The van der Waals surface area contributed by atoms with Crippen molar-refractivity contribution in [3.63, 3.8) is 0 Å². The van der Waals surface area contributed by atoms with Gasteiger partial charge in [0.25, 0.3) is 5.91 Å². The second-order valence-corrected chi connectivity index (χ2v) is 10.1. The molecule has 2 saturated heterocycles. The van der Waals surface area contributed by atoms with Gasteiger partial charge in [-0.1, -0.05) is 0 Å². The molecule has 146 valence electrons. The van der Waals surface area contributed by atoms with Crippen LogP contribution in [-0.2, 0) is 17.1 Å². The highest BCUT2D eigenvalue weighted by molar-refractivity contribution is 7.89. The lowest BCUT2D eigenvalue weighted by Crippen LogP contribution is -2.39. The number of hydrogen-bond acceptors (Lipinski definition) is 5. The van der Waals surface area contributed by atoms with Crippen LogP contribution in [0, 0.1) is 0 Å². The van der Waals surface area contributed by atoms with E-state index in [-0.39, 0.29) is 16.7 Å². The van der Waals surface area contributed by atoms with Gasteiger partial charge in [-0.05, 0) is 31.7 Å². The van der Waals surface area contributed by atoms with Gasteiger partial charge in [0.2, 0.25) is 10.0 Å². The second-order valence-electron chi connectivity index (χ2n) is 7.24. The first-order chi connectivity index (χ1) is 13.0. The highest BCUT2D eigenvalue weighted by Gasteiger charge is 2.32. The Labute approximate surface area is 163 Å². The molecular weight excluding hydrogens is 384 g/mol. The Morgan fingerprint density at radius 1 is 1.22 bits per heavy atom. The van der Waals surface area contributed by atoms with Crippen molar-refractivity contribution in [2.75, 3.05) is 26.2 Å². The van der Waals surface area contributed by atoms with E-state index in [1.165, 1.54) is 10.4 Å². The van der Waals surface area contributed by atoms with Crippen molar-refractivity contribution >= 4 is 27.3 Å². The Morgan fingerprint density at radius 2 is 2.00 bits per heavy atom. The van der Waals surface area contributed by atoms with Gasteiger partial charge >= 0.3 is 0 Å². The van der Waals surface area contributed by atoms with Crippen molar-refractivity contribution in [2.24, 2.45) is 7.05 Å². The van der Waals surface area contributed by atoms with Gasteiger partial charge in [0.15, 0.2) is 0 Å². The Hall–Kier alpha value is -1.71. The number of amides is 1. The third-order valence-corrected chi connectivity index (χ3v) is 8.21. The SMILES string of the molecule is Cn1cc(S(=O)(=O)N2CCCC2)cc1C(=O)N1CCCC(c2nccs2)C1. The lowest BCUT2D eigenvalue weighted by Gasteiger charge is -2.31. The number of likely N-dealkylation sites (tertiary alicyclic amines) is 1. The van der Waals surface area contributed by atoms with Crippen molar-refractivity contribution in [1.82, 2.24) is 18.8 Å². The molecule has 0 aliphatic carbocycles. The maximum Gasteiger partial charge on any atom is 0.270 e. The fraction of sp³-hybridized carbons (Fsp3) is 0.556. The Bertz CT molecular complexity index is 915. The highest BCUT2D eigenvalue weighted by atomic mass is 32.2. The molecule has 2 aromatic rings. The molecule has 0 aromatic carbocycles. The molecular formula is C18H24N4O3S2. The molecule has 1 unspecified atom stereocenters. The number of aryl methyl sites for hydroxylation is 1. The zero-order chi connectivity index (χ0) is 19.0. The van der Waals surface area contributed by atoms with E-state index in [0.717, 1.165) is 30.7 Å². The zero-order valence-electron chi connectivity index (χ0n) is 15.4. The molecule has 1 amide bonds. The summed E-state index contributed by atoms with van der Waals surface area (Å²) in [6.45, 7) is 2.44. The first kappa shape index (κ1) is 18.6. The van der Waals surface area contributed by atoms with E-state index in [9.17, 15) is 13.2 Å². The largest absolute Gasteiger partial charge is 0.345 e. The minimum atomic E-state index is -3.52. The van der Waals surface area contributed by atoms with Crippen LogP contribution in [0.1, 0.15) is 47.1 Å². The fourth-order valence-electron chi connectivity index (χ4n) is 3.93. The smallest absolute Gasteiger partial charge is 0.270 e. The average molecular weight is 409 g/mol. The van der Waals surface area contributed by atoms with Crippen LogP contribution in [0.15, 0.2) is 28.7 Å². The third kappa shape index (κ3) is 3.55. The monoisotopic (exact) mass is 408 g/mol. The quantitative estimate of drug-likeness (QED) is 0.778. The van der Waals surface area contributed by atoms with Crippen molar-refractivity contribution < 1.29 is 13.2 Å². The first-order valence-corrected chi connectivity index (χ1v) is 11.6. The van der Waals surface area contributed by atoms with Crippen molar-refractivity contribution in [2.45, 2.75) is 36.5 Å². The molecule has 0 radical (unpaired) electrons. The van der Waals surface area contributed by atoms with E-state index < -0.39 is 10.0 Å². The standard InChI is InChI=1S/C18H24N4O3S2/c1-20-13-15(27(24,25)22-8-2-3-9-22)11-16(20)18(23)21-7-4-5-14(12-21)17-19-6-10-26-17/h6,10-11,13-14H,2-5,7-9,12H2,1H3. The summed E-state index contributed by atoms with van der Waals surface area (Å²) >= 11 is 1.62. The van der Waals surface area contributed by atoms with Crippen LogP contribution in [0.5, 0.6) is 0 Å². The molecule has 0 N–H and O–H groups in total. The van der Waals surface area contributed by atoms with Crippen LogP contribution >= 0.6 is 11.3 Å². The molecule has 9 heteroatoms. The summed E-state index contributed by atoms with van der Waals surface area (Å²) < 4.78 is 28.7. The summed E-state index contributed by atoms with van der Waals surface area (Å²) in [7, 11) is -1.78. The molecule has 2 aliphatic rings. The fourth-order valence-corrected chi connectivity index (χ4v) is 6.28. The molecule has 0 bridgehead atoms. The average Bonchev–Trinajstić information content (AvgIpc) is 3.42. The predicted octanol–water partition coefficient (Wildman–Crippen LogP) is 2.29. The van der Waals surface area contributed by atoms with E-state index in [2.05, 4.69) is 4.98 Å². The lowest BCUT2D eigenvalue weighted by atomic mass is 9.98. The number of sulfonamides is 1. The minimum Gasteiger partial charge on any atom is -0.345 e. The van der Waals surface area contributed by atoms with Gasteiger partial charge in [-0.3, -0.25) is 4.79 Å². The molecule has 27 heavy (non-hydrogen) atoms. The van der Waals surface area contributed by atoms with Gasteiger partial charge in [-0.15, -0.1) is 11.3 Å². The number of piperidine rings is 1. The molecule has 2 aromatic heterocycles. The van der Waals surface area contributed by atoms with Crippen LogP contribution in [0.2, 0.25) is 0 Å². The molecule has 0 spiro atoms. The van der Waals surface area contributed by atoms with Crippen LogP contribution in [-0.4, -0.2) is 59.3 Å². The van der Waals surface area contributed by atoms with Crippen LogP contribution in [0.4, 0.5) is 0 Å². The molecule has 2 aliphatic heterocycles. The van der Waals surface area contributed by atoms with Gasteiger partial charge < -0.3 is 9.47 Å². The number of aromatic nitrogens is 2. The highest BCUT2D eigenvalue weighted by Crippen LogP contribution is 2.29. The number of rotatable bonds is 4. The second kappa shape index (κ2) is 7.37. The summed E-state index contributed by atoms with van der Waals surface area (Å²) in [5.41, 5.74) is 0.424. The summed E-state index contributed by atoms with van der Waals surface area (Å²) in [5, 5.41) is 3.03. The van der Waals surface area contributed by atoms with Gasteiger partial charge in [-0.25, -0.2) is 13.4 Å². The summed E-state index contributed by atoms with van der Waals surface area (Å²) in [6.07, 6.45) is 7.10. The summed E-state index contributed by atoms with van der Waals surface area (Å²) in [5.74, 6) is 0.150. The molecule has 2 fully saturated rings. The number of hydrogen-bond donors (Lipinski definition) is 0. The molecule has 4 heterocycles. The summed E-state index contributed by atoms with van der Waals surface area (Å²) in [4.78, 5) is 19.5. The molecule has 0 saturated carbocycles. The predicted molar refractivity (Wildman–Crippen MR) is 103 cm³/mol. The van der Waals surface area contributed by atoms with Gasteiger partial charge in [0, 0.05) is 56.9 Å². The Balaban J connectivity index is 1.54. The van der Waals surface area contributed by atoms with Gasteiger partial charge in [-0.2, -0.15) is 4.31 Å². The first-order valence-electron chi connectivity index (χ1n) is 9.32. The molecule has 1 atom stereocenters. The van der Waals surface area contributed by atoms with Crippen LogP contribution < -0.4 is 0 Å². The minimum absolute atomic E-state index is 0.110. The van der Waals surface area contributed by atoms with E-state index in [1.807, 2.05) is 10.3 Å². The van der Waals surface area contributed by atoms with Gasteiger partial charge in [0.1, 0.15) is 10.6 Å². The van der Waals surface area contributed by atoms with Crippen molar-refractivity contribution in [3.8, 4) is 0 Å². The van der Waals surface area contributed by atoms with Crippen molar-refractivity contribution in [1.29, 1.82) is 0 Å². The number of carbonyl (C=O) groups excluding carboxylic acids is 1. The zero-order valence-corrected chi connectivity index (χ0v) is 17.0. The third-order valence-electron chi connectivity index (χ3n) is 5.41. The normalized spacial score (nSPS) is 21.7. The number of carbonyl (C=O) groups is 1. The number of thiazole rings is 1. The maximum atomic E-state index is 13.1. The molecule has 7 nitrogen and oxygen atoms in total. The van der Waals surface area contributed by atoms with Crippen LogP contribution in [0.3, 0.4) is 0 Å². The topological polar surface area (TPSA) is 75.5 Å². The van der Waals surface area contributed by atoms with E-state index in [1.54, 1.807) is 35.3 Å².